The van der Waals surface area contributed by atoms with E-state index in [9.17, 15) is 13.2 Å². The standard InChI is InChI=1S/C31H31N3O4S/c1-3-27-9-7-8-12-30(27)34(39(36,37)29-10-5-4-6-11-29)22-31(35)33-32-21-25-17-19-28(20-18-25)38-23-26-15-13-24(2)14-16-26/h4-21H,3,22-23H2,1-2H3,(H,33,35)/b32-21-. The lowest BCUT2D eigenvalue weighted by Gasteiger charge is -2.25. The van der Waals surface area contributed by atoms with Gasteiger partial charge >= 0.3 is 0 Å². The molecule has 4 rings (SSSR count). The molecule has 0 aromatic heterocycles. The van der Waals surface area contributed by atoms with Gasteiger partial charge in [-0.15, -0.1) is 0 Å². The number of hydrogen-bond acceptors (Lipinski definition) is 5. The lowest BCUT2D eigenvalue weighted by molar-refractivity contribution is -0.119. The molecule has 0 spiro atoms. The molecule has 200 valence electrons. The van der Waals surface area contributed by atoms with E-state index in [1.165, 1.54) is 23.9 Å². The summed E-state index contributed by atoms with van der Waals surface area (Å²) in [5, 5.41) is 4.03. The summed E-state index contributed by atoms with van der Waals surface area (Å²) in [7, 11) is -3.98. The van der Waals surface area contributed by atoms with Crippen molar-refractivity contribution in [3.05, 3.63) is 125 Å². The minimum atomic E-state index is -3.98. The Balaban J connectivity index is 1.41. The number of carbonyl (C=O) groups is 1. The molecule has 0 saturated heterocycles. The number of benzene rings is 4. The van der Waals surface area contributed by atoms with Crippen LogP contribution in [0.15, 0.2) is 113 Å². The van der Waals surface area contributed by atoms with Crippen molar-refractivity contribution < 1.29 is 17.9 Å². The third-order valence-electron chi connectivity index (χ3n) is 6.07. The van der Waals surface area contributed by atoms with Gasteiger partial charge in [-0.3, -0.25) is 9.10 Å². The van der Waals surface area contributed by atoms with Crippen molar-refractivity contribution in [3.8, 4) is 5.75 Å². The molecule has 4 aromatic carbocycles. The summed E-state index contributed by atoms with van der Waals surface area (Å²) >= 11 is 0. The predicted molar refractivity (Wildman–Crippen MR) is 154 cm³/mol. The largest absolute Gasteiger partial charge is 0.489 e. The van der Waals surface area contributed by atoms with E-state index in [4.69, 9.17) is 4.74 Å². The van der Waals surface area contributed by atoms with Crippen molar-refractivity contribution in [2.75, 3.05) is 10.8 Å². The molecule has 39 heavy (non-hydrogen) atoms. The Kier molecular flexibility index (Phi) is 9.12. The van der Waals surface area contributed by atoms with Gasteiger partial charge in [0, 0.05) is 0 Å². The predicted octanol–water partition coefficient (Wildman–Crippen LogP) is 5.48. The molecular weight excluding hydrogens is 510 g/mol. The Morgan fingerprint density at radius 2 is 1.56 bits per heavy atom. The van der Waals surface area contributed by atoms with Crippen LogP contribution in [0.25, 0.3) is 0 Å². The molecule has 1 N–H and O–H groups in total. The van der Waals surface area contributed by atoms with Gasteiger partial charge in [0.15, 0.2) is 0 Å². The molecule has 0 unspecified atom stereocenters. The number of carbonyl (C=O) groups excluding carboxylic acids is 1. The Hall–Kier alpha value is -4.43. The molecule has 1 amide bonds. The number of hydrazone groups is 1. The number of ether oxygens (including phenoxy) is 1. The normalized spacial score (nSPS) is 11.3. The summed E-state index contributed by atoms with van der Waals surface area (Å²) in [6.07, 6.45) is 2.11. The van der Waals surface area contributed by atoms with Crippen LogP contribution >= 0.6 is 0 Å². The highest BCUT2D eigenvalue weighted by Crippen LogP contribution is 2.27. The molecule has 4 aromatic rings. The number of rotatable bonds is 11. The summed E-state index contributed by atoms with van der Waals surface area (Å²) in [5.41, 5.74) is 6.77. The first-order valence-electron chi connectivity index (χ1n) is 12.6. The van der Waals surface area contributed by atoms with Crippen LogP contribution in [0.1, 0.15) is 29.2 Å². The van der Waals surface area contributed by atoms with Crippen LogP contribution in [0.5, 0.6) is 5.75 Å². The maximum Gasteiger partial charge on any atom is 0.264 e. The second-order valence-corrected chi connectivity index (χ2v) is 10.8. The van der Waals surface area contributed by atoms with Gasteiger partial charge in [0.05, 0.1) is 16.8 Å². The summed E-state index contributed by atoms with van der Waals surface area (Å²) in [6, 6.07) is 30.7. The molecule has 0 aliphatic carbocycles. The highest BCUT2D eigenvalue weighted by atomic mass is 32.2. The van der Waals surface area contributed by atoms with E-state index in [2.05, 4.69) is 10.5 Å². The van der Waals surface area contributed by atoms with E-state index in [0.29, 0.717) is 24.5 Å². The van der Waals surface area contributed by atoms with Crippen molar-refractivity contribution in [3.63, 3.8) is 0 Å². The molecule has 0 heterocycles. The average Bonchev–Trinajstić information content (AvgIpc) is 2.96. The van der Waals surface area contributed by atoms with Gasteiger partial charge < -0.3 is 4.74 Å². The Morgan fingerprint density at radius 3 is 2.26 bits per heavy atom. The number of para-hydroxylation sites is 1. The molecule has 0 aliphatic heterocycles. The molecule has 8 heteroatoms. The number of anilines is 1. The van der Waals surface area contributed by atoms with Crippen LogP contribution in [0.2, 0.25) is 0 Å². The fourth-order valence-corrected chi connectivity index (χ4v) is 5.40. The van der Waals surface area contributed by atoms with E-state index < -0.39 is 22.5 Å². The maximum atomic E-state index is 13.5. The van der Waals surface area contributed by atoms with Gasteiger partial charge in [-0.2, -0.15) is 5.10 Å². The van der Waals surface area contributed by atoms with Gasteiger partial charge in [0.2, 0.25) is 0 Å². The first-order chi connectivity index (χ1) is 18.9. The monoisotopic (exact) mass is 541 g/mol. The molecule has 0 radical (unpaired) electrons. The number of aryl methyl sites for hydroxylation is 2. The summed E-state index contributed by atoms with van der Waals surface area (Å²) < 4.78 is 34.0. The van der Waals surface area contributed by atoms with Crippen molar-refractivity contribution in [1.29, 1.82) is 0 Å². The van der Waals surface area contributed by atoms with E-state index in [-0.39, 0.29) is 4.90 Å². The first-order valence-corrected chi connectivity index (χ1v) is 14.1. The van der Waals surface area contributed by atoms with Crippen molar-refractivity contribution in [2.45, 2.75) is 31.8 Å². The lowest BCUT2D eigenvalue weighted by atomic mass is 10.1. The maximum absolute atomic E-state index is 13.5. The molecule has 0 bridgehead atoms. The van der Waals surface area contributed by atoms with Crippen molar-refractivity contribution in [2.24, 2.45) is 5.10 Å². The van der Waals surface area contributed by atoms with Crippen LogP contribution in [0, 0.1) is 6.92 Å². The zero-order valence-corrected chi connectivity index (χ0v) is 22.8. The molecule has 0 saturated carbocycles. The van der Waals surface area contributed by atoms with Crippen LogP contribution in [-0.4, -0.2) is 27.1 Å². The topological polar surface area (TPSA) is 88.1 Å². The van der Waals surface area contributed by atoms with E-state index >= 15 is 0 Å². The summed E-state index contributed by atoms with van der Waals surface area (Å²) in [5.74, 6) is 0.155. The third-order valence-corrected chi connectivity index (χ3v) is 7.84. The smallest absolute Gasteiger partial charge is 0.264 e. The summed E-state index contributed by atoms with van der Waals surface area (Å²) in [4.78, 5) is 12.9. The molecule has 0 atom stereocenters. The zero-order valence-electron chi connectivity index (χ0n) is 21.9. The van der Waals surface area contributed by atoms with E-state index in [1.54, 1.807) is 30.3 Å². The minimum absolute atomic E-state index is 0.108. The number of amides is 1. The van der Waals surface area contributed by atoms with Gasteiger partial charge in [0.25, 0.3) is 15.9 Å². The van der Waals surface area contributed by atoms with Crippen LogP contribution in [0.4, 0.5) is 5.69 Å². The highest BCUT2D eigenvalue weighted by molar-refractivity contribution is 7.92. The Morgan fingerprint density at radius 1 is 0.897 bits per heavy atom. The molecule has 0 aliphatic rings. The second-order valence-electron chi connectivity index (χ2n) is 8.94. The minimum Gasteiger partial charge on any atom is -0.489 e. The van der Waals surface area contributed by atoms with Gasteiger partial charge in [-0.1, -0.05) is 73.2 Å². The number of hydrogen-bond donors (Lipinski definition) is 1. The quantitative estimate of drug-likeness (QED) is 0.201. The molecule has 7 nitrogen and oxygen atoms in total. The van der Waals surface area contributed by atoms with Crippen molar-refractivity contribution >= 4 is 27.8 Å². The van der Waals surface area contributed by atoms with Crippen LogP contribution < -0.4 is 14.5 Å². The number of nitrogens with one attached hydrogen (secondary N) is 1. The van der Waals surface area contributed by atoms with E-state index in [1.807, 2.05) is 74.5 Å². The Labute approximate surface area is 229 Å². The van der Waals surface area contributed by atoms with Gasteiger partial charge in [0.1, 0.15) is 18.9 Å². The van der Waals surface area contributed by atoms with Crippen LogP contribution in [-0.2, 0) is 27.8 Å². The molecular formula is C31H31N3O4S. The summed E-state index contributed by atoms with van der Waals surface area (Å²) in [6.45, 7) is 4.03. The van der Waals surface area contributed by atoms with Crippen LogP contribution in [0.3, 0.4) is 0 Å². The fraction of sp³-hybridized carbons (Fsp3) is 0.161. The fourth-order valence-electron chi connectivity index (χ4n) is 3.92. The molecule has 0 fully saturated rings. The number of nitrogens with zero attached hydrogens (tertiary/aromatic N) is 2. The zero-order chi connectivity index (χ0) is 27.7. The first kappa shape index (κ1) is 27.6. The van der Waals surface area contributed by atoms with E-state index in [0.717, 1.165) is 21.0 Å². The van der Waals surface area contributed by atoms with Gasteiger partial charge in [-0.25, -0.2) is 13.8 Å². The highest BCUT2D eigenvalue weighted by Gasteiger charge is 2.28. The van der Waals surface area contributed by atoms with Gasteiger partial charge in [-0.05, 0) is 72.5 Å². The lowest BCUT2D eigenvalue weighted by Crippen LogP contribution is -2.40. The Bertz CT molecular complexity index is 1520. The SMILES string of the molecule is CCc1ccccc1N(CC(=O)N/N=C\c1ccc(OCc2ccc(C)cc2)cc1)S(=O)(=O)c1ccccc1. The van der Waals surface area contributed by atoms with Crippen molar-refractivity contribution in [1.82, 2.24) is 5.43 Å². The number of sulfonamides is 1. The second kappa shape index (κ2) is 12.9. The average molecular weight is 542 g/mol. The third kappa shape index (κ3) is 7.33.